The molecule has 0 radical (unpaired) electrons. The Bertz CT molecular complexity index is 843. The number of nitro groups is 1. The standard InChI is InChI=1S/C12H9BrClN3O4/c1-2-7-10(14)15-12(19)16(11(7)18)9-4-3-6(17(20)21)5-8(9)13/h3-5H,2H2,1H3,(H,15,19). The van der Waals surface area contributed by atoms with Crippen molar-refractivity contribution < 1.29 is 4.92 Å². The number of rotatable bonds is 3. The number of H-pyrrole nitrogens is 1. The smallest absolute Gasteiger partial charge is 0.297 e. The highest BCUT2D eigenvalue weighted by Crippen LogP contribution is 2.24. The Hall–Kier alpha value is -1.93. The molecule has 0 bridgehead atoms. The fraction of sp³-hybridized carbons (Fsp3) is 0.167. The van der Waals surface area contributed by atoms with Gasteiger partial charge < -0.3 is 0 Å². The zero-order valence-electron chi connectivity index (χ0n) is 10.7. The number of halogens is 2. The third kappa shape index (κ3) is 2.77. The zero-order valence-corrected chi connectivity index (χ0v) is 13.1. The summed E-state index contributed by atoms with van der Waals surface area (Å²) in [6.45, 7) is 1.73. The van der Waals surface area contributed by atoms with E-state index in [4.69, 9.17) is 11.6 Å². The number of aromatic nitrogens is 2. The molecule has 2 aromatic rings. The van der Waals surface area contributed by atoms with Gasteiger partial charge in [-0.2, -0.15) is 0 Å². The van der Waals surface area contributed by atoms with Gasteiger partial charge in [-0.25, -0.2) is 9.36 Å². The quantitative estimate of drug-likeness (QED) is 0.507. The van der Waals surface area contributed by atoms with Crippen LogP contribution < -0.4 is 11.2 Å². The largest absolute Gasteiger partial charge is 0.334 e. The molecular weight excluding hydrogens is 366 g/mol. The van der Waals surface area contributed by atoms with Crippen molar-refractivity contribution in [3.05, 3.63) is 64.3 Å². The van der Waals surface area contributed by atoms with Gasteiger partial charge in [0, 0.05) is 16.6 Å². The zero-order chi connectivity index (χ0) is 15.7. The maximum atomic E-state index is 12.3. The Kier molecular flexibility index (Phi) is 4.29. The molecule has 110 valence electrons. The van der Waals surface area contributed by atoms with Gasteiger partial charge in [0.25, 0.3) is 11.2 Å². The molecule has 1 N–H and O–H groups in total. The van der Waals surface area contributed by atoms with Crippen molar-refractivity contribution in [2.45, 2.75) is 13.3 Å². The van der Waals surface area contributed by atoms with E-state index in [2.05, 4.69) is 20.9 Å². The molecule has 0 aliphatic heterocycles. The van der Waals surface area contributed by atoms with Gasteiger partial charge in [-0.05, 0) is 28.4 Å². The Balaban J connectivity index is 2.77. The van der Waals surface area contributed by atoms with Crippen molar-refractivity contribution in [3.63, 3.8) is 0 Å². The summed E-state index contributed by atoms with van der Waals surface area (Å²) < 4.78 is 1.15. The summed E-state index contributed by atoms with van der Waals surface area (Å²) in [6, 6.07) is 3.76. The summed E-state index contributed by atoms with van der Waals surface area (Å²) in [5.74, 6) is 0. The molecule has 1 heterocycles. The summed E-state index contributed by atoms with van der Waals surface area (Å²) in [5, 5.41) is 10.7. The normalized spacial score (nSPS) is 10.6. The highest BCUT2D eigenvalue weighted by atomic mass is 79.9. The first-order valence-corrected chi connectivity index (χ1v) is 7.02. The lowest BCUT2D eigenvalue weighted by molar-refractivity contribution is -0.384. The van der Waals surface area contributed by atoms with Gasteiger partial charge in [-0.15, -0.1) is 0 Å². The van der Waals surface area contributed by atoms with Crippen LogP contribution >= 0.6 is 27.5 Å². The number of aromatic amines is 1. The second kappa shape index (κ2) is 5.82. The van der Waals surface area contributed by atoms with Crippen molar-refractivity contribution >= 4 is 33.2 Å². The molecule has 0 aliphatic carbocycles. The van der Waals surface area contributed by atoms with Crippen LogP contribution in [0.4, 0.5) is 5.69 Å². The fourth-order valence-electron chi connectivity index (χ4n) is 1.86. The second-order valence-corrected chi connectivity index (χ2v) is 5.34. The van der Waals surface area contributed by atoms with Gasteiger partial charge in [0.15, 0.2) is 0 Å². The van der Waals surface area contributed by atoms with Crippen LogP contribution in [-0.4, -0.2) is 14.5 Å². The average molecular weight is 375 g/mol. The van der Waals surface area contributed by atoms with Crippen LogP contribution in [0, 0.1) is 10.1 Å². The first-order chi connectivity index (χ1) is 9.86. The van der Waals surface area contributed by atoms with E-state index >= 15 is 0 Å². The van der Waals surface area contributed by atoms with E-state index in [0.717, 1.165) is 4.57 Å². The summed E-state index contributed by atoms with van der Waals surface area (Å²) >= 11 is 8.97. The SMILES string of the molecule is CCc1c(Cl)[nH]c(=O)n(-c2ccc([N+](=O)[O-])cc2Br)c1=O. The van der Waals surface area contributed by atoms with Crippen LogP contribution in [0.5, 0.6) is 0 Å². The van der Waals surface area contributed by atoms with Crippen molar-refractivity contribution in [3.8, 4) is 5.69 Å². The number of hydrogen-bond donors (Lipinski definition) is 1. The number of nitro benzene ring substituents is 1. The maximum Gasteiger partial charge on any atom is 0.334 e. The van der Waals surface area contributed by atoms with Gasteiger partial charge in [-0.3, -0.25) is 19.9 Å². The minimum absolute atomic E-state index is 0.00165. The van der Waals surface area contributed by atoms with Crippen molar-refractivity contribution in [2.24, 2.45) is 0 Å². The Morgan fingerprint density at radius 2 is 2.10 bits per heavy atom. The second-order valence-electron chi connectivity index (χ2n) is 4.11. The molecule has 2 rings (SSSR count). The predicted molar refractivity (Wildman–Crippen MR) is 81.4 cm³/mol. The van der Waals surface area contributed by atoms with Gasteiger partial charge in [0.05, 0.1) is 16.2 Å². The Morgan fingerprint density at radius 1 is 1.43 bits per heavy atom. The highest BCUT2D eigenvalue weighted by molar-refractivity contribution is 9.10. The molecule has 0 saturated heterocycles. The van der Waals surface area contributed by atoms with Gasteiger partial charge in [0.2, 0.25) is 0 Å². The number of hydrogen-bond acceptors (Lipinski definition) is 4. The van der Waals surface area contributed by atoms with E-state index in [9.17, 15) is 19.7 Å². The first-order valence-electron chi connectivity index (χ1n) is 5.84. The lowest BCUT2D eigenvalue weighted by atomic mass is 10.2. The lowest BCUT2D eigenvalue weighted by Gasteiger charge is -2.09. The minimum atomic E-state index is -0.711. The van der Waals surface area contributed by atoms with Crippen LogP contribution in [0.2, 0.25) is 5.15 Å². The van der Waals surface area contributed by atoms with Crippen LogP contribution in [0.15, 0.2) is 32.3 Å². The summed E-state index contributed by atoms with van der Waals surface area (Å²) in [4.78, 5) is 36.8. The van der Waals surface area contributed by atoms with Crippen LogP contribution in [-0.2, 0) is 6.42 Å². The summed E-state index contributed by atoms with van der Waals surface area (Å²) in [5.41, 5.74) is -0.947. The molecule has 7 nitrogen and oxygen atoms in total. The summed E-state index contributed by atoms with van der Waals surface area (Å²) in [7, 11) is 0. The predicted octanol–water partition coefficient (Wildman–Crippen LogP) is 2.41. The number of nitrogens with zero attached hydrogens (tertiary/aromatic N) is 2. The fourth-order valence-corrected chi connectivity index (χ4v) is 2.70. The molecule has 0 saturated carbocycles. The average Bonchev–Trinajstić information content (AvgIpc) is 2.40. The first kappa shape index (κ1) is 15.5. The number of non-ortho nitro benzene ring substituents is 1. The molecule has 21 heavy (non-hydrogen) atoms. The molecule has 9 heteroatoms. The number of nitrogens with one attached hydrogen (secondary N) is 1. The van der Waals surface area contributed by atoms with E-state index in [-0.39, 0.29) is 26.6 Å². The van der Waals surface area contributed by atoms with Gasteiger partial charge >= 0.3 is 5.69 Å². The minimum Gasteiger partial charge on any atom is -0.297 e. The molecule has 0 amide bonds. The molecule has 1 aromatic carbocycles. The molecule has 0 unspecified atom stereocenters. The molecule has 0 atom stereocenters. The third-order valence-corrected chi connectivity index (χ3v) is 3.84. The molecule has 0 fully saturated rings. The van der Waals surface area contributed by atoms with Crippen LogP contribution in [0.1, 0.15) is 12.5 Å². The van der Waals surface area contributed by atoms with Crippen molar-refractivity contribution in [1.82, 2.24) is 9.55 Å². The van der Waals surface area contributed by atoms with Gasteiger partial charge in [-0.1, -0.05) is 18.5 Å². The molecule has 1 aromatic heterocycles. The molecular formula is C12H9BrClN3O4. The Morgan fingerprint density at radius 3 is 2.62 bits per heavy atom. The van der Waals surface area contributed by atoms with E-state index in [1.165, 1.54) is 18.2 Å². The van der Waals surface area contributed by atoms with E-state index in [0.29, 0.717) is 6.42 Å². The lowest BCUT2D eigenvalue weighted by Crippen LogP contribution is -2.36. The summed E-state index contributed by atoms with van der Waals surface area (Å²) in [6.07, 6.45) is 0.346. The Labute approximate surface area is 131 Å². The van der Waals surface area contributed by atoms with Gasteiger partial charge in [0.1, 0.15) is 5.15 Å². The monoisotopic (exact) mass is 373 g/mol. The van der Waals surface area contributed by atoms with Crippen molar-refractivity contribution in [1.29, 1.82) is 0 Å². The number of benzene rings is 1. The highest BCUT2D eigenvalue weighted by Gasteiger charge is 2.16. The maximum absolute atomic E-state index is 12.3. The van der Waals surface area contributed by atoms with E-state index in [1.807, 2.05) is 0 Å². The molecule has 0 aliphatic rings. The van der Waals surface area contributed by atoms with Crippen molar-refractivity contribution in [2.75, 3.05) is 0 Å². The third-order valence-electron chi connectivity index (χ3n) is 2.88. The van der Waals surface area contributed by atoms with E-state index < -0.39 is 16.2 Å². The topological polar surface area (TPSA) is 98.0 Å². The molecule has 0 spiro atoms. The van der Waals surface area contributed by atoms with E-state index in [1.54, 1.807) is 6.92 Å². The van der Waals surface area contributed by atoms with Crippen LogP contribution in [0.3, 0.4) is 0 Å². The van der Waals surface area contributed by atoms with Crippen LogP contribution in [0.25, 0.3) is 5.69 Å².